The zero-order valence-electron chi connectivity index (χ0n) is 4.97. The van der Waals surface area contributed by atoms with Crippen LogP contribution in [0.25, 0.3) is 0 Å². The number of carbonyl (C=O) groups is 1. The molecular weight excluding hydrogens is 123 g/mol. The van der Waals surface area contributed by atoms with Gasteiger partial charge in [0.15, 0.2) is 5.92 Å². The zero-order valence-corrected chi connectivity index (χ0v) is 4.97. The van der Waals surface area contributed by atoms with Gasteiger partial charge < -0.3 is 5.73 Å². The Labute approximate surface area is 52.3 Å². The summed E-state index contributed by atoms with van der Waals surface area (Å²) >= 11 is 0. The van der Waals surface area contributed by atoms with Crippen LogP contribution in [-0.2, 0) is 4.79 Å². The molecule has 0 aromatic carbocycles. The molecular formula is C5H7FN2O. The van der Waals surface area contributed by atoms with Crippen molar-refractivity contribution in [1.29, 1.82) is 5.26 Å². The van der Waals surface area contributed by atoms with Crippen LogP contribution in [0.1, 0.15) is 6.92 Å². The Morgan fingerprint density at radius 1 is 1.89 bits per heavy atom. The average molecular weight is 130 g/mol. The number of primary amides is 1. The Morgan fingerprint density at radius 3 is 2.33 bits per heavy atom. The van der Waals surface area contributed by atoms with Gasteiger partial charge in [-0.1, -0.05) is 0 Å². The third-order valence-electron chi connectivity index (χ3n) is 0.905. The summed E-state index contributed by atoms with van der Waals surface area (Å²) in [6.07, 6.45) is -1.48. The van der Waals surface area contributed by atoms with Crippen molar-refractivity contribution in [1.82, 2.24) is 0 Å². The smallest absolute Gasteiger partial charge is 0.237 e. The fraction of sp³-hybridized carbons (Fsp3) is 0.600. The first-order valence-electron chi connectivity index (χ1n) is 2.42. The normalized spacial score (nSPS) is 15.7. The van der Waals surface area contributed by atoms with Crippen molar-refractivity contribution in [3.63, 3.8) is 0 Å². The van der Waals surface area contributed by atoms with Gasteiger partial charge in [0.25, 0.3) is 0 Å². The molecule has 0 aromatic heterocycles. The van der Waals surface area contributed by atoms with Gasteiger partial charge in [-0.15, -0.1) is 0 Å². The molecule has 0 rings (SSSR count). The Bertz CT molecular complexity index is 150. The van der Waals surface area contributed by atoms with Crippen LogP contribution in [0.3, 0.4) is 0 Å². The molecule has 9 heavy (non-hydrogen) atoms. The summed E-state index contributed by atoms with van der Waals surface area (Å²) < 4.78 is 12.1. The highest BCUT2D eigenvalue weighted by molar-refractivity contribution is 5.79. The Kier molecular flexibility index (Phi) is 2.65. The average Bonchev–Trinajstić information content (AvgIpc) is 1.64. The second-order valence-corrected chi connectivity index (χ2v) is 1.69. The van der Waals surface area contributed by atoms with Crippen molar-refractivity contribution in [2.75, 3.05) is 0 Å². The lowest BCUT2D eigenvalue weighted by molar-refractivity contribution is -0.121. The largest absolute Gasteiger partial charge is 0.368 e. The summed E-state index contributed by atoms with van der Waals surface area (Å²) in [6, 6.07) is 1.45. The molecule has 0 bridgehead atoms. The first kappa shape index (κ1) is 7.89. The number of nitrogens with zero attached hydrogens (tertiary/aromatic N) is 1. The molecule has 0 aromatic rings. The maximum absolute atomic E-state index is 12.1. The van der Waals surface area contributed by atoms with Gasteiger partial charge in [0.05, 0.1) is 6.07 Å². The van der Waals surface area contributed by atoms with E-state index in [-0.39, 0.29) is 0 Å². The van der Waals surface area contributed by atoms with Crippen molar-refractivity contribution in [3.8, 4) is 6.07 Å². The number of nitriles is 1. The molecule has 0 aliphatic carbocycles. The predicted octanol–water partition coefficient (Wildman–Crippen LogP) is -0.0305. The maximum Gasteiger partial charge on any atom is 0.237 e. The summed E-state index contributed by atoms with van der Waals surface area (Å²) in [5, 5.41) is 8.08. The fourth-order valence-electron chi connectivity index (χ4n) is 0.393. The van der Waals surface area contributed by atoms with E-state index in [0.29, 0.717) is 0 Å². The molecule has 0 radical (unpaired) electrons. The third-order valence-corrected chi connectivity index (χ3v) is 0.905. The molecule has 2 atom stereocenters. The van der Waals surface area contributed by atoms with Crippen molar-refractivity contribution in [3.05, 3.63) is 0 Å². The van der Waals surface area contributed by atoms with E-state index in [1.165, 1.54) is 6.07 Å². The van der Waals surface area contributed by atoms with Crippen LogP contribution in [0.5, 0.6) is 0 Å². The SMILES string of the molecule is CC(F)C(C#N)C(N)=O. The standard InChI is InChI=1S/C5H7FN2O/c1-3(6)4(2-7)5(8)9/h3-4H,1H3,(H2,8,9). The lowest BCUT2D eigenvalue weighted by Crippen LogP contribution is -2.28. The lowest BCUT2D eigenvalue weighted by Gasteiger charge is -2.02. The minimum atomic E-state index is -1.48. The molecule has 2 N–H and O–H groups in total. The van der Waals surface area contributed by atoms with Crippen molar-refractivity contribution in [2.24, 2.45) is 11.7 Å². The van der Waals surface area contributed by atoms with Crippen LogP contribution >= 0.6 is 0 Å². The highest BCUT2D eigenvalue weighted by atomic mass is 19.1. The summed E-state index contributed by atoms with van der Waals surface area (Å²) in [5.41, 5.74) is 4.65. The number of nitrogens with two attached hydrogens (primary N) is 1. The predicted molar refractivity (Wildman–Crippen MR) is 28.9 cm³/mol. The van der Waals surface area contributed by atoms with E-state index >= 15 is 0 Å². The summed E-state index contributed by atoms with van der Waals surface area (Å²) in [5.74, 6) is -2.21. The van der Waals surface area contributed by atoms with Gasteiger partial charge in [-0.05, 0) is 6.92 Å². The van der Waals surface area contributed by atoms with E-state index in [1.807, 2.05) is 0 Å². The van der Waals surface area contributed by atoms with Gasteiger partial charge in [0.2, 0.25) is 5.91 Å². The molecule has 50 valence electrons. The molecule has 0 saturated carbocycles. The van der Waals surface area contributed by atoms with E-state index in [1.54, 1.807) is 0 Å². The molecule has 3 nitrogen and oxygen atoms in total. The molecule has 0 aliphatic heterocycles. The van der Waals surface area contributed by atoms with Gasteiger partial charge in [-0.2, -0.15) is 5.26 Å². The van der Waals surface area contributed by atoms with Crippen molar-refractivity contribution < 1.29 is 9.18 Å². The molecule has 2 unspecified atom stereocenters. The highest BCUT2D eigenvalue weighted by Gasteiger charge is 2.21. The number of halogens is 1. The second-order valence-electron chi connectivity index (χ2n) is 1.69. The van der Waals surface area contributed by atoms with Crippen LogP contribution in [0.2, 0.25) is 0 Å². The molecule has 0 aliphatic rings. The third kappa shape index (κ3) is 2.08. The zero-order chi connectivity index (χ0) is 7.44. The Hall–Kier alpha value is -1.11. The summed E-state index contributed by atoms with van der Waals surface area (Å²) in [7, 11) is 0. The van der Waals surface area contributed by atoms with Gasteiger partial charge >= 0.3 is 0 Å². The van der Waals surface area contributed by atoms with Crippen LogP contribution in [0.15, 0.2) is 0 Å². The summed E-state index contributed by atoms with van der Waals surface area (Å²) in [4.78, 5) is 10.1. The number of rotatable bonds is 2. The minimum absolute atomic E-state index is 0.910. The van der Waals surface area contributed by atoms with E-state index < -0.39 is 18.0 Å². The van der Waals surface area contributed by atoms with Crippen molar-refractivity contribution in [2.45, 2.75) is 13.1 Å². The topological polar surface area (TPSA) is 66.9 Å². The Morgan fingerprint density at radius 2 is 2.33 bits per heavy atom. The quantitative estimate of drug-likeness (QED) is 0.570. The van der Waals surface area contributed by atoms with Gasteiger partial charge in [-0.25, -0.2) is 4.39 Å². The molecule has 1 amide bonds. The molecule has 4 heteroatoms. The number of amides is 1. The number of hydrogen-bond donors (Lipinski definition) is 1. The van der Waals surface area contributed by atoms with Crippen LogP contribution in [0.4, 0.5) is 4.39 Å². The monoisotopic (exact) mass is 130 g/mol. The number of carbonyl (C=O) groups excluding carboxylic acids is 1. The summed E-state index contributed by atoms with van der Waals surface area (Å²) in [6.45, 7) is 1.12. The number of alkyl halides is 1. The van der Waals surface area contributed by atoms with Crippen LogP contribution in [-0.4, -0.2) is 12.1 Å². The number of hydrogen-bond acceptors (Lipinski definition) is 2. The molecule has 0 saturated heterocycles. The van der Waals surface area contributed by atoms with Gasteiger partial charge in [-0.3, -0.25) is 4.79 Å². The second kappa shape index (κ2) is 3.02. The van der Waals surface area contributed by atoms with Gasteiger partial charge in [0.1, 0.15) is 6.17 Å². The Balaban J connectivity index is 4.04. The maximum atomic E-state index is 12.1. The van der Waals surface area contributed by atoms with Crippen LogP contribution in [0, 0.1) is 17.2 Å². The molecule has 0 spiro atoms. The van der Waals surface area contributed by atoms with Crippen molar-refractivity contribution >= 4 is 5.91 Å². The van der Waals surface area contributed by atoms with E-state index in [9.17, 15) is 9.18 Å². The van der Waals surface area contributed by atoms with E-state index in [0.717, 1.165) is 6.92 Å². The first-order chi connectivity index (χ1) is 4.09. The minimum Gasteiger partial charge on any atom is -0.368 e. The molecule has 0 fully saturated rings. The fourth-order valence-corrected chi connectivity index (χ4v) is 0.393. The van der Waals surface area contributed by atoms with E-state index in [4.69, 9.17) is 5.26 Å². The first-order valence-corrected chi connectivity index (χ1v) is 2.42. The highest BCUT2D eigenvalue weighted by Crippen LogP contribution is 2.03. The van der Waals surface area contributed by atoms with E-state index in [2.05, 4.69) is 5.73 Å². The van der Waals surface area contributed by atoms with Crippen LogP contribution < -0.4 is 5.73 Å². The lowest BCUT2D eigenvalue weighted by atomic mass is 10.1. The van der Waals surface area contributed by atoms with Gasteiger partial charge in [0, 0.05) is 0 Å². The molecule has 0 heterocycles.